The lowest BCUT2D eigenvalue weighted by Gasteiger charge is -2.50. The highest BCUT2D eigenvalue weighted by Gasteiger charge is 2.47. The molecule has 1 saturated heterocycles. The molecular weight excluding hydrogens is 366 g/mol. The second-order valence-corrected chi connectivity index (χ2v) is 8.52. The van der Waals surface area contributed by atoms with Crippen LogP contribution in [0.1, 0.15) is 23.2 Å². The van der Waals surface area contributed by atoms with E-state index in [4.69, 9.17) is 4.74 Å². The molecule has 6 nitrogen and oxygen atoms in total. The van der Waals surface area contributed by atoms with Gasteiger partial charge in [-0.15, -0.1) is 0 Å². The first-order chi connectivity index (χ1) is 14.0. The van der Waals surface area contributed by atoms with Crippen molar-refractivity contribution >= 4 is 16.6 Å². The van der Waals surface area contributed by atoms with E-state index in [0.717, 1.165) is 49.2 Å². The normalized spacial score (nSPS) is 24.1. The summed E-state index contributed by atoms with van der Waals surface area (Å²) in [5.74, 6) is 1.34. The molecule has 0 radical (unpaired) electrons. The number of nitrogens with zero attached hydrogens (tertiary/aromatic N) is 2. The number of aromatic nitrogens is 1. The smallest absolute Gasteiger partial charge is 0.293 e. The van der Waals surface area contributed by atoms with Gasteiger partial charge in [0.25, 0.3) is 5.69 Å². The number of para-hydroxylation sites is 1. The summed E-state index contributed by atoms with van der Waals surface area (Å²) in [6.07, 6.45) is 2.87. The number of likely N-dealkylation sites (tertiary alicyclic amines) is 1. The van der Waals surface area contributed by atoms with Crippen molar-refractivity contribution in [2.75, 3.05) is 27.2 Å². The highest BCUT2D eigenvalue weighted by atomic mass is 16.6. The SMILES string of the molecule is COc1cccc([C@]23CCN(C)CC2Cc2c([nH]c4c([N+](=O)[O-])cccc24)C3)c1. The van der Waals surface area contributed by atoms with Gasteiger partial charge in [0.15, 0.2) is 0 Å². The maximum Gasteiger partial charge on any atom is 0.293 e. The van der Waals surface area contributed by atoms with Crippen molar-refractivity contribution < 1.29 is 9.66 Å². The zero-order valence-corrected chi connectivity index (χ0v) is 16.8. The van der Waals surface area contributed by atoms with Crippen LogP contribution < -0.4 is 4.74 Å². The Hall–Kier alpha value is -2.86. The number of hydrogen-bond acceptors (Lipinski definition) is 4. The predicted octanol–water partition coefficient (Wildman–Crippen LogP) is 4.07. The second kappa shape index (κ2) is 6.59. The molecule has 1 aromatic heterocycles. The molecule has 2 heterocycles. The Morgan fingerprint density at radius 3 is 2.90 bits per heavy atom. The van der Waals surface area contributed by atoms with Crippen molar-refractivity contribution in [3.8, 4) is 5.75 Å². The maximum absolute atomic E-state index is 11.5. The summed E-state index contributed by atoms with van der Waals surface area (Å²) in [6.45, 7) is 2.07. The minimum atomic E-state index is -0.289. The van der Waals surface area contributed by atoms with Crippen LogP contribution in [0.15, 0.2) is 42.5 Å². The van der Waals surface area contributed by atoms with Crippen molar-refractivity contribution in [3.63, 3.8) is 0 Å². The number of ether oxygens (including phenoxy) is 1. The van der Waals surface area contributed by atoms with E-state index >= 15 is 0 Å². The van der Waals surface area contributed by atoms with Gasteiger partial charge in [-0.1, -0.05) is 24.3 Å². The van der Waals surface area contributed by atoms with Crippen LogP contribution in [0.25, 0.3) is 10.9 Å². The summed E-state index contributed by atoms with van der Waals surface area (Å²) >= 11 is 0. The minimum absolute atomic E-state index is 0.0176. The summed E-state index contributed by atoms with van der Waals surface area (Å²) in [5.41, 5.74) is 4.56. The van der Waals surface area contributed by atoms with Crippen LogP contribution in [0.2, 0.25) is 0 Å². The van der Waals surface area contributed by atoms with Crippen LogP contribution >= 0.6 is 0 Å². The highest BCUT2D eigenvalue weighted by molar-refractivity contribution is 5.92. The summed E-state index contributed by atoms with van der Waals surface area (Å²) in [4.78, 5) is 17.1. The third kappa shape index (κ3) is 2.74. The van der Waals surface area contributed by atoms with Gasteiger partial charge in [0.05, 0.1) is 12.0 Å². The average molecular weight is 391 g/mol. The minimum Gasteiger partial charge on any atom is -0.497 e. The lowest BCUT2D eigenvalue weighted by atomic mass is 9.59. The van der Waals surface area contributed by atoms with Crippen LogP contribution in [-0.2, 0) is 18.3 Å². The molecule has 1 aliphatic heterocycles. The van der Waals surface area contributed by atoms with Gasteiger partial charge in [-0.05, 0) is 62.0 Å². The molecule has 0 bridgehead atoms. The van der Waals surface area contributed by atoms with Gasteiger partial charge in [0.1, 0.15) is 11.3 Å². The average Bonchev–Trinajstić information content (AvgIpc) is 3.09. The molecule has 2 aromatic carbocycles. The third-order valence-electron chi connectivity index (χ3n) is 7.05. The second-order valence-electron chi connectivity index (χ2n) is 8.52. The predicted molar refractivity (Wildman–Crippen MR) is 113 cm³/mol. The largest absolute Gasteiger partial charge is 0.497 e. The molecule has 1 N–H and O–H groups in total. The van der Waals surface area contributed by atoms with E-state index < -0.39 is 0 Å². The van der Waals surface area contributed by atoms with Crippen LogP contribution in [0, 0.1) is 16.0 Å². The van der Waals surface area contributed by atoms with E-state index in [1.54, 1.807) is 19.2 Å². The zero-order valence-electron chi connectivity index (χ0n) is 16.8. The molecule has 2 atom stereocenters. The summed E-state index contributed by atoms with van der Waals surface area (Å²) in [5, 5.41) is 12.5. The van der Waals surface area contributed by atoms with E-state index in [-0.39, 0.29) is 16.0 Å². The van der Waals surface area contributed by atoms with Crippen LogP contribution in [0.3, 0.4) is 0 Å². The number of methoxy groups -OCH3 is 1. The zero-order chi connectivity index (χ0) is 20.2. The van der Waals surface area contributed by atoms with Gasteiger partial charge in [0.2, 0.25) is 0 Å². The highest BCUT2D eigenvalue weighted by Crippen LogP contribution is 2.49. The quantitative estimate of drug-likeness (QED) is 0.540. The van der Waals surface area contributed by atoms with Gasteiger partial charge in [-0.25, -0.2) is 0 Å². The van der Waals surface area contributed by atoms with Gasteiger partial charge in [0, 0.05) is 29.1 Å². The van der Waals surface area contributed by atoms with E-state index in [9.17, 15) is 10.1 Å². The molecule has 1 aliphatic carbocycles. The topological polar surface area (TPSA) is 71.4 Å². The fourth-order valence-corrected chi connectivity index (χ4v) is 5.55. The first-order valence-electron chi connectivity index (χ1n) is 10.1. The van der Waals surface area contributed by atoms with E-state index in [2.05, 4.69) is 35.1 Å². The Bertz CT molecular complexity index is 1110. The van der Waals surface area contributed by atoms with E-state index in [1.807, 2.05) is 12.1 Å². The number of nitro groups is 1. The number of non-ortho nitro benzene ring substituents is 1. The summed E-state index contributed by atoms with van der Waals surface area (Å²) in [6, 6.07) is 13.9. The molecule has 1 unspecified atom stereocenters. The number of nitro benzene ring substituents is 1. The number of benzene rings is 2. The summed E-state index contributed by atoms with van der Waals surface area (Å²) in [7, 11) is 3.89. The van der Waals surface area contributed by atoms with Crippen molar-refractivity contribution in [2.24, 2.45) is 5.92 Å². The van der Waals surface area contributed by atoms with Crippen LogP contribution in [0.5, 0.6) is 5.75 Å². The molecule has 2 aliphatic rings. The molecule has 1 fully saturated rings. The molecule has 0 saturated carbocycles. The number of fused-ring (bicyclic) bond motifs is 4. The van der Waals surface area contributed by atoms with Crippen molar-refractivity contribution in [1.82, 2.24) is 9.88 Å². The number of piperidine rings is 1. The Morgan fingerprint density at radius 2 is 2.10 bits per heavy atom. The number of H-pyrrole nitrogens is 1. The number of aromatic amines is 1. The molecule has 150 valence electrons. The molecule has 0 amide bonds. The number of rotatable bonds is 3. The Morgan fingerprint density at radius 1 is 1.28 bits per heavy atom. The van der Waals surface area contributed by atoms with Gasteiger partial charge in [-0.2, -0.15) is 0 Å². The first kappa shape index (κ1) is 18.2. The third-order valence-corrected chi connectivity index (χ3v) is 7.05. The molecule has 29 heavy (non-hydrogen) atoms. The maximum atomic E-state index is 11.5. The summed E-state index contributed by atoms with van der Waals surface area (Å²) < 4.78 is 5.51. The Kier molecular flexibility index (Phi) is 4.13. The molecular formula is C23H25N3O3. The van der Waals surface area contributed by atoms with Crippen molar-refractivity contribution in [1.29, 1.82) is 0 Å². The number of hydrogen-bond donors (Lipinski definition) is 1. The van der Waals surface area contributed by atoms with E-state index in [0.29, 0.717) is 11.4 Å². The van der Waals surface area contributed by atoms with Gasteiger partial charge in [-0.3, -0.25) is 10.1 Å². The molecule has 6 heteroatoms. The van der Waals surface area contributed by atoms with Crippen LogP contribution in [0.4, 0.5) is 5.69 Å². The number of nitrogens with one attached hydrogen (secondary N) is 1. The standard InChI is InChI=1S/C23H25N3O3/c1-25-10-9-23(15-5-3-6-17(11-15)29-2)13-20-19(12-16(23)14-25)18-7-4-8-21(26(27)28)22(18)24-20/h3-8,11,16,24H,9-10,12-14H2,1-2H3/t16?,23-/m1/s1. The first-order valence-corrected chi connectivity index (χ1v) is 10.1. The van der Waals surface area contributed by atoms with E-state index in [1.165, 1.54) is 11.1 Å². The van der Waals surface area contributed by atoms with Crippen molar-refractivity contribution in [3.05, 3.63) is 69.4 Å². The Labute approximate surface area is 169 Å². The lowest BCUT2D eigenvalue weighted by molar-refractivity contribution is -0.383. The van der Waals surface area contributed by atoms with Gasteiger partial charge >= 0.3 is 0 Å². The van der Waals surface area contributed by atoms with Crippen LogP contribution in [-0.4, -0.2) is 42.1 Å². The fourth-order valence-electron chi connectivity index (χ4n) is 5.55. The lowest BCUT2D eigenvalue weighted by Crippen LogP contribution is -2.52. The Balaban J connectivity index is 1.68. The molecule has 5 rings (SSSR count). The molecule has 3 aromatic rings. The molecule has 0 spiro atoms. The fraction of sp³-hybridized carbons (Fsp3) is 0.391. The van der Waals surface area contributed by atoms with Crippen molar-refractivity contribution in [2.45, 2.75) is 24.7 Å². The monoisotopic (exact) mass is 391 g/mol. The van der Waals surface area contributed by atoms with Gasteiger partial charge < -0.3 is 14.6 Å².